The molecule has 0 aliphatic heterocycles. The summed E-state index contributed by atoms with van der Waals surface area (Å²) in [6.45, 7) is 1.50. The van der Waals surface area contributed by atoms with Crippen molar-refractivity contribution in [3.63, 3.8) is 0 Å². The lowest BCUT2D eigenvalue weighted by Gasteiger charge is -2.11. The largest absolute Gasteiger partial charge is 0.481 e. The van der Waals surface area contributed by atoms with Crippen molar-refractivity contribution in [1.29, 1.82) is 0 Å². The second kappa shape index (κ2) is 4.91. The van der Waals surface area contributed by atoms with Crippen molar-refractivity contribution in [2.24, 2.45) is 5.92 Å². The van der Waals surface area contributed by atoms with E-state index >= 15 is 0 Å². The van der Waals surface area contributed by atoms with E-state index in [4.69, 9.17) is 5.11 Å². The first-order valence-corrected chi connectivity index (χ1v) is 7.73. The Hall–Kier alpha value is -1.45. The average Bonchev–Trinajstić information content (AvgIpc) is 2.85. The predicted octanol–water partition coefficient (Wildman–Crippen LogP) is 0.0524. The van der Waals surface area contributed by atoms with E-state index in [0.29, 0.717) is 11.3 Å². The molecule has 0 amide bonds. The number of rotatable bonds is 4. The minimum absolute atomic E-state index is 0.0651. The third-order valence-corrected chi connectivity index (χ3v) is 5.83. The van der Waals surface area contributed by atoms with Crippen LogP contribution in [0, 0.1) is 12.8 Å². The summed E-state index contributed by atoms with van der Waals surface area (Å²) in [7, 11) is -3.81. The van der Waals surface area contributed by atoms with Crippen molar-refractivity contribution >= 4 is 27.3 Å². The molecule has 1 aromatic rings. The monoisotopic (exact) mass is 304 g/mol. The SMILES string of the molecule is Cc1[nH]c(=O)sc1S(=O)(=O)NC1C=CC(C(=O)O)C1. The van der Waals surface area contributed by atoms with Crippen LogP contribution in [0.5, 0.6) is 0 Å². The number of hydrogen-bond acceptors (Lipinski definition) is 5. The van der Waals surface area contributed by atoms with Crippen molar-refractivity contribution < 1.29 is 18.3 Å². The highest BCUT2D eigenvalue weighted by Gasteiger charge is 2.29. The number of aromatic nitrogens is 1. The molecule has 2 rings (SSSR count). The normalized spacial score (nSPS) is 22.8. The zero-order chi connectivity index (χ0) is 14.2. The Labute approximate surface area is 113 Å². The summed E-state index contributed by atoms with van der Waals surface area (Å²) in [6.07, 6.45) is 3.15. The number of thiazole rings is 1. The Morgan fingerprint density at radius 3 is 2.68 bits per heavy atom. The molecule has 1 aliphatic rings. The van der Waals surface area contributed by atoms with Crippen LogP contribution in [-0.2, 0) is 14.8 Å². The molecule has 0 fully saturated rings. The molecule has 1 heterocycles. The van der Waals surface area contributed by atoms with E-state index in [-0.39, 0.29) is 16.3 Å². The van der Waals surface area contributed by atoms with E-state index in [1.165, 1.54) is 19.1 Å². The van der Waals surface area contributed by atoms with Crippen LogP contribution < -0.4 is 9.60 Å². The molecular weight excluding hydrogens is 292 g/mol. The molecule has 7 nitrogen and oxygen atoms in total. The van der Waals surface area contributed by atoms with Gasteiger partial charge in [-0.25, -0.2) is 13.1 Å². The maximum absolute atomic E-state index is 12.1. The van der Waals surface area contributed by atoms with Crippen molar-refractivity contribution in [2.45, 2.75) is 23.6 Å². The standard InChI is InChI=1S/C10H12N2O5S2/c1-5-9(18-10(15)11-5)19(16,17)12-7-3-2-6(4-7)8(13)14/h2-3,6-7,12H,4H2,1H3,(H,11,15)(H,13,14). The van der Waals surface area contributed by atoms with Crippen LogP contribution >= 0.6 is 11.3 Å². The molecule has 0 aromatic carbocycles. The lowest BCUT2D eigenvalue weighted by atomic mass is 10.1. The first-order valence-electron chi connectivity index (χ1n) is 5.43. The van der Waals surface area contributed by atoms with Crippen LogP contribution in [0.4, 0.5) is 0 Å². The number of H-pyrrole nitrogens is 1. The van der Waals surface area contributed by atoms with Crippen LogP contribution in [0.2, 0.25) is 0 Å². The molecule has 0 saturated heterocycles. The predicted molar refractivity (Wildman–Crippen MR) is 68.7 cm³/mol. The summed E-state index contributed by atoms with van der Waals surface area (Å²) in [5, 5.41) is 8.82. The van der Waals surface area contributed by atoms with E-state index in [0.717, 1.165) is 0 Å². The van der Waals surface area contributed by atoms with Crippen LogP contribution in [0.1, 0.15) is 12.1 Å². The summed E-state index contributed by atoms with van der Waals surface area (Å²) in [6, 6.07) is -0.567. The Bertz CT molecular complexity index is 685. The number of aromatic amines is 1. The van der Waals surface area contributed by atoms with Gasteiger partial charge in [0.15, 0.2) is 4.21 Å². The number of carbonyl (C=O) groups is 1. The molecule has 104 valence electrons. The molecule has 0 saturated carbocycles. The van der Waals surface area contributed by atoms with Gasteiger partial charge < -0.3 is 10.1 Å². The number of nitrogens with one attached hydrogen (secondary N) is 2. The molecule has 2 atom stereocenters. The topological polar surface area (TPSA) is 116 Å². The first-order chi connectivity index (χ1) is 8.79. The van der Waals surface area contributed by atoms with Gasteiger partial charge in [-0.2, -0.15) is 0 Å². The Morgan fingerprint density at radius 1 is 1.53 bits per heavy atom. The molecule has 2 unspecified atom stereocenters. The van der Waals surface area contributed by atoms with Gasteiger partial charge in [0, 0.05) is 11.7 Å². The van der Waals surface area contributed by atoms with Crippen LogP contribution in [0.25, 0.3) is 0 Å². The summed E-state index contributed by atoms with van der Waals surface area (Å²) in [4.78, 5) is 23.8. The van der Waals surface area contributed by atoms with Crippen LogP contribution in [0.3, 0.4) is 0 Å². The zero-order valence-electron chi connectivity index (χ0n) is 9.91. The summed E-state index contributed by atoms with van der Waals surface area (Å²) < 4.78 is 26.4. The molecule has 1 aliphatic carbocycles. The van der Waals surface area contributed by atoms with Gasteiger partial charge in [-0.3, -0.25) is 9.59 Å². The third-order valence-electron chi connectivity index (χ3n) is 2.73. The third kappa shape index (κ3) is 2.94. The second-order valence-electron chi connectivity index (χ2n) is 4.22. The highest BCUT2D eigenvalue weighted by atomic mass is 32.2. The van der Waals surface area contributed by atoms with Crippen molar-refractivity contribution in [2.75, 3.05) is 0 Å². The van der Waals surface area contributed by atoms with E-state index in [1.54, 1.807) is 0 Å². The fourth-order valence-electron chi connectivity index (χ4n) is 1.87. The van der Waals surface area contributed by atoms with Gasteiger partial charge in [-0.15, -0.1) is 0 Å². The molecule has 9 heteroatoms. The number of sulfonamides is 1. The fraction of sp³-hybridized carbons (Fsp3) is 0.400. The number of carboxylic acids is 1. The van der Waals surface area contributed by atoms with Crippen LogP contribution in [0.15, 0.2) is 21.2 Å². The Kier molecular flexibility index (Phi) is 3.61. The summed E-state index contributed by atoms with van der Waals surface area (Å²) >= 11 is 0.610. The number of aryl methyl sites for hydroxylation is 1. The van der Waals surface area contributed by atoms with E-state index in [1.807, 2.05) is 0 Å². The van der Waals surface area contributed by atoms with Crippen molar-refractivity contribution in [3.8, 4) is 0 Å². The molecule has 0 bridgehead atoms. The van der Waals surface area contributed by atoms with Gasteiger partial charge in [0.1, 0.15) is 0 Å². The highest BCUT2D eigenvalue weighted by molar-refractivity contribution is 7.91. The lowest BCUT2D eigenvalue weighted by Crippen LogP contribution is -2.33. The van der Waals surface area contributed by atoms with E-state index in [9.17, 15) is 18.0 Å². The minimum atomic E-state index is -3.81. The summed E-state index contributed by atoms with van der Waals surface area (Å²) in [5.41, 5.74) is 0.277. The van der Waals surface area contributed by atoms with E-state index in [2.05, 4.69) is 9.71 Å². The number of carboxylic acid groups (broad SMARTS) is 1. The molecular formula is C10H12N2O5S2. The Morgan fingerprint density at radius 2 is 2.21 bits per heavy atom. The smallest absolute Gasteiger partial charge is 0.310 e. The molecule has 1 aromatic heterocycles. The molecule has 19 heavy (non-hydrogen) atoms. The Balaban J connectivity index is 2.16. The number of aliphatic carboxylic acids is 1. The van der Waals surface area contributed by atoms with Gasteiger partial charge in [0.05, 0.1) is 5.92 Å². The zero-order valence-corrected chi connectivity index (χ0v) is 11.5. The fourth-order valence-corrected chi connectivity index (χ4v) is 4.39. The molecule has 0 radical (unpaired) electrons. The van der Waals surface area contributed by atoms with Gasteiger partial charge in [-0.05, 0) is 13.3 Å². The molecule has 0 spiro atoms. The highest BCUT2D eigenvalue weighted by Crippen LogP contribution is 2.22. The quantitative estimate of drug-likeness (QED) is 0.680. The van der Waals surface area contributed by atoms with Crippen molar-refractivity contribution in [3.05, 3.63) is 27.5 Å². The van der Waals surface area contributed by atoms with Gasteiger partial charge in [-0.1, -0.05) is 23.5 Å². The minimum Gasteiger partial charge on any atom is -0.481 e. The van der Waals surface area contributed by atoms with Crippen molar-refractivity contribution in [1.82, 2.24) is 9.71 Å². The van der Waals surface area contributed by atoms with E-state index < -0.39 is 32.8 Å². The van der Waals surface area contributed by atoms with Gasteiger partial charge in [0.2, 0.25) is 0 Å². The maximum atomic E-state index is 12.1. The number of hydrogen-bond donors (Lipinski definition) is 3. The maximum Gasteiger partial charge on any atom is 0.310 e. The first kappa shape index (κ1) is 14.0. The average molecular weight is 304 g/mol. The lowest BCUT2D eigenvalue weighted by molar-refractivity contribution is -0.140. The summed E-state index contributed by atoms with van der Waals surface area (Å²) in [5.74, 6) is -1.67. The van der Waals surface area contributed by atoms with Crippen LogP contribution in [-0.4, -0.2) is 30.5 Å². The molecule has 3 N–H and O–H groups in total. The van der Waals surface area contributed by atoms with Gasteiger partial charge in [0.25, 0.3) is 10.0 Å². The van der Waals surface area contributed by atoms with Gasteiger partial charge >= 0.3 is 10.8 Å². The second-order valence-corrected chi connectivity index (χ2v) is 7.11.